The number of ether oxygens (including phenoxy) is 1. The van der Waals surface area contributed by atoms with Crippen LogP contribution in [-0.4, -0.2) is 39.2 Å². The van der Waals surface area contributed by atoms with Gasteiger partial charge < -0.3 is 15.8 Å². The highest BCUT2D eigenvalue weighted by Gasteiger charge is 2.27. The van der Waals surface area contributed by atoms with Crippen molar-refractivity contribution in [1.29, 1.82) is 0 Å². The van der Waals surface area contributed by atoms with Crippen molar-refractivity contribution in [3.8, 4) is 22.6 Å². The molecule has 8 nitrogen and oxygen atoms in total. The van der Waals surface area contributed by atoms with Crippen molar-refractivity contribution in [1.82, 2.24) is 20.1 Å². The molecule has 0 aliphatic carbocycles. The fourth-order valence-corrected chi connectivity index (χ4v) is 3.98. The summed E-state index contributed by atoms with van der Waals surface area (Å²) in [6.45, 7) is 0.347. The van der Waals surface area contributed by atoms with E-state index in [0.29, 0.717) is 29.8 Å². The fraction of sp³-hybridized carbons (Fsp3) is 0.120. The lowest BCUT2D eigenvalue weighted by atomic mass is 10.0. The number of hydrogen-bond donors (Lipinski definition) is 2. The normalized spacial score (nSPS) is 14.4. The highest BCUT2D eigenvalue weighted by molar-refractivity contribution is 5.97. The lowest BCUT2D eigenvalue weighted by Crippen LogP contribution is -2.35. The molecule has 2 aromatic heterocycles. The fourth-order valence-electron chi connectivity index (χ4n) is 3.98. The Bertz CT molecular complexity index is 1330. The first kappa shape index (κ1) is 20.4. The minimum atomic E-state index is -0.533. The second kappa shape index (κ2) is 8.58. The zero-order valence-corrected chi connectivity index (χ0v) is 17.6. The number of pyridine rings is 1. The molecule has 33 heavy (non-hydrogen) atoms. The molecule has 0 saturated carbocycles. The Morgan fingerprint density at radius 2 is 2.00 bits per heavy atom. The van der Waals surface area contributed by atoms with E-state index < -0.39 is 5.91 Å². The standard InChI is InChI=1S/C25H21N5O3/c26-24(31)18-11-17(13-27-14-18)20-7-3-5-16-12-19(33-23(16)20)15-28-25(32)21-6-1-2-8-22(21)30-10-4-9-29-30/h1-11,13-14,19H,12,15H2,(H2,26,31)(H,28,32). The minimum Gasteiger partial charge on any atom is -0.487 e. The molecule has 5 rings (SSSR count). The number of benzene rings is 2. The number of amides is 2. The molecule has 2 amide bonds. The zero-order valence-electron chi connectivity index (χ0n) is 17.6. The van der Waals surface area contributed by atoms with E-state index in [1.54, 1.807) is 35.4 Å². The van der Waals surface area contributed by atoms with E-state index in [2.05, 4.69) is 15.4 Å². The first-order valence-corrected chi connectivity index (χ1v) is 10.5. The van der Waals surface area contributed by atoms with Crippen LogP contribution in [0.5, 0.6) is 5.75 Å². The number of nitrogens with two attached hydrogens (primary N) is 1. The summed E-state index contributed by atoms with van der Waals surface area (Å²) < 4.78 is 7.87. The Morgan fingerprint density at radius 1 is 1.12 bits per heavy atom. The molecule has 1 aliphatic rings. The van der Waals surface area contributed by atoms with Gasteiger partial charge in [-0.15, -0.1) is 0 Å². The smallest absolute Gasteiger partial charge is 0.253 e. The number of nitrogens with zero attached hydrogens (tertiary/aromatic N) is 3. The molecular weight excluding hydrogens is 418 g/mol. The van der Waals surface area contributed by atoms with Crippen molar-refractivity contribution >= 4 is 11.8 Å². The molecule has 0 spiro atoms. The number of rotatable bonds is 6. The number of carbonyl (C=O) groups excluding carboxylic acids is 2. The van der Waals surface area contributed by atoms with Crippen molar-refractivity contribution < 1.29 is 14.3 Å². The summed E-state index contributed by atoms with van der Waals surface area (Å²) in [4.78, 5) is 28.6. The molecule has 8 heteroatoms. The number of hydrogen-bond acceptors (Lipinski definition) is 5. The van der Waals surface area contributed by atoms with Gasteiger partial charge in [0.2, 0.25) is 5.91 Å². The van der Waals surface area contributed by atoms with Gasteiger partial charge in [0.25, 0.3) is 5.91 Å². The van der Waals surface area contributed by atoms with E-state index in [9.17, 15) is 9.59 Å². The largest absolute Gasteiger partial charge is 0.487 e. The molecule has 0 saturated heterocycles. The molecule has 1 atom stereocenters. The topological polar surface area (TPSA) is 112 Å². The van der Waals surface area contributed by atoms with Gasteiger partial charge in [0.1, 0.15) is 11.9 Å². The molecule has 0 radical (unpaired) electrons. The molecule has 1 aliphatic heterocycles. The molecule has 2 aromatic carbocycles. The van der Waals surface area contributed by atoms with Crippen molar-refractivity contribution in [3.05, 3.63) is 96.1 Å². The van der Waals surface area contributed by atoms with Crippen LogP contribution in [0.2, 0.25) is 0 Å². The van der Waals surface area contributed by atoms with Gasteiger partial charge in [0, 0.05) is 42.3 Å². The zero-order chi connectivity index (χ0) is 22.8. The van der Waals surface area contributed by atoms with E-state index in [0.717, 1.165) is 22.4 Å². The summed E-state index contributed by atoms with van der Waals surface area (Å²) in [6, 6.07) is 16.7. The number of carbonyl (C=O) groups is 2. The number of aromatic nitrogens is 3. The molecule has 3 N–H and O–H groups in total. The Labute approximate surface area is 190 Å². The van der Waals surface area contributed by atoms with Gasteiger partial charge >= 0.3 is 0 Å². The van der Waals surface area contributed by atoms with E-state index in [4.69, 9.17) is 10.5 Å². The van der Waals surface area contributed by atoms with Crippen LogP contribution in [0.4, 0.5) is 0 Å². The van der Waals surface area contributed by atoms with E-state index >= 15 is 0 Å². The van der Waals surface area contributed by atoms with Gasteiger partial charge in [-0.25, -0.2) is 4.68 Å². The molecule has 4 aromatic rings. The third-order valence-electron chi connectivity index (χ3n) is 5.55. The second-order valence-corrected chi connectivity index (χ2v) is 7.74. The van der Waals surface area contributed by atoms with Gasteiger partial charge in [0.15, 0.2) is 0 Å². The van der Waals surface area contributed by atoms with Crippen molar-refractivity contribution in [3.63, 3.8) is 0 Å². The molecule has 1 unspecified atom stereocenters. The highest BCUT2D eigenvalue weighted by Crippen LogP contribution is 2.38. The van der Waals surface area contributed by atoms with E-state index in [1.165, 1.54) is 6.20 Å². The Kier molecular flexibility index (Phi) is 5.32. The predicted molar refractivity (Wildman–Crippen MR) is 122 cm³/mol. The van der Waals surface area contributed by atoms with E-state index in [-0.39, 0.29) is 12.0 Å². The number of nitrogens with one attached hydrogen (secondary N) is 1. The summed E-state index contributed by atoms with van der Waals surface area (Å²) in [6.07, 6.45) is 7.03. The van der Waals surface area contributed by atoms with E-state index in [1.807, 2.05) is 42.5 Å². The SMILES string of the molecule is NC(=O)c1cncc(-c2cccc3c2OC(CNC(=O)c2ccccc2-n2cccn2)C3)c1. The van der Waals surface area contributed by atoms with Gasteiger partial charge in [-0.1, -0.05) is 30.3 Å². The quantitative estimate of drug-likeness (QED) is 0.480. The third-order valence-corrected chi connectivity index (χ3v) is 5.55. The van der Waals surface area contributed by atoms with Crippen LogP contribution < -0.4 is 15.8 Å². The summed E-state index contributed by atoms with van der Waals surface area (Å²) in [5, 5.41) is 7.21. The van der Waals surface area contributed by atoms with Crippen LogP contribution >= 0.6 is 0 Å². The lowest BCUT2D eigenvalue weighted by molar-refractivity contribution is 0.0932. The second-order valence-electron chi connectivity index (χ2n) is 7.74. The third kappa shape index (κ3) is 4.06. The van der Waals surface area contributed by atoms with Gasteiger partial charge in [-0.05, 0) is 29.8 Å². The molecule has 164 valence electrons. The maximum atomic E-state index is 12.9. The summed E-state index contributed by atoms with van der Waals surface area (Å²) >= 11 is 0. The molecule has 3 heterocycles. The van der Waals surface area contributed by atoms with Gasteiger partial charge in [-0.2, -0.15) is 5.10 Å². The molecule has 0 fully saturated rings. The maximum absolute atomic E-state index is 12.9. The maximum Gasteiger partial charge on any atom is 0.253 e. The summed E-state index contributed by atoms with van der Waals surface area (Å²) in [5.74, 6) is 0.00479. The number of fused-ring (bicyclic) bond motifs is 1. The van der Waals surface area contributed by atoms with Crippen LogP contribution in [0.1, 0.15) is 26.3 Å². The lowest BCUT2D eigenvalue weighted by Gasteiger charge is -2.15. The summed E-state index contributed by atoms with van der Waals surface area (Å²) in [5.41, 5.74) is 9.60. The average molecular weight is 439 g/mol. The Balaban J connectivity index is 1.31. The van der Waals surface area contributed by atoms with Gasteiger partial charge in [0.05, 0.1) is 23.4 Å². The Morgan fingerprint density at radius 3 is 2.82 bits per heavy atom. The highest BCUT2D eigenvalue weighted by atomic mass is 16.5. The van der Waals surface area contributed by atoms with Crippen LogP contribution in [0.25, 0.3) is 16.8 Å². The first-order valence-electron chi connectivity index (χ1n) is 10.5. The van der Waals surface area contributed by atoms with Crippen molar-refractivity contribution in [2.75, 3.05) is 6.54 Å². The minimum absolute atomic E-state index is 0.195. The van der Waals surface area contributed by atoms with Gasteiger partial charge in [-0.3, -0.25) is 14.6 Å². The molecule has 0 bridgehead atoms. The number of para-hydroxylation sites is 2. The van der Waals surface area contributed by atoms with Crippen molar-refractivity contribution in [2.24, 2.45) is 5.73 Å². The average Bonchev–Trinajstić information content (AvgIpc) is 3.52. The predicted octanol–water partition coefficient (Wildman–Crippen LogP) is 2.77. The summed E-state index contributed by atoms with van der Waals surface area (Å²) in [7, 11) is 0. The Hall–Kier alpha value is -4.46. The number of primary amides is 1. The van der Waals surface area contributed by atoms with Crippen LogP contribution in [0, 0.1) is 0 Å². The van der Waals surface area contributed by atoms with Crippen LogP contribution in [0.3, 0.4) is 0 Å². The van der Waals surface area contributed by atoms with Crippen molar-refractivity contribution in [2.45, 2.75) is 12.5 Å². The monoisotopic (exact) mass is 439 g/mol. The first-order chi connectivity index (χ1) is 16.1. The van der Waals surface area contributed by atoms with Crippen LogP contribution in [-0.2, 0) is 6.42 Å². The molecular formula is C25H21N5O3. The van der Waals surface area contributed by atoms with Crippen LogP contribution in [0.15, 0.2) is 79.4 Å².